The lowest BCUT2D eigenvalue weighted by molar-refractivity contribution is 0.0978. The van der Waals surface area contributed by atoms with Crippen LogP contribution in [0.4, 0.5) is 4.39 Å². The van der Waals surface area contributed by atoms with E-state index in [1.807, 2.05) is 4.72 Å². The maximum atomic E-state index is 13.2. The fraction of sp³-hybridized carbons (Fsp3) is 0.167. The number of ether oxygens (including phenoxy) is 1. The van der Waals surface area contributed by atoms with Crippen LogP contribution in [0.25, 0.3) is 0 Å². The Hall–Kier alpha value is -2.42. The number of hydrogen-bond acceptors (Lipinski definition) is 6. The van der Waals surface area contributed by atoms with Crippen molar-refractivity contribution in [3.63, 3.8) is 0 Å². The zero-order chi connectivity index (χ0) is 15.5. The van der Waals surface area contributed by atoms with Crippen LogP contribution in [0.3, 0.4) is 0 Å². The van der Waals surface area contributed by atoms with Crippen molar-refractivity contribution in [1.82, 2.24) is 9.88 Å². The minimum atomic E-state index is -3.99. The highest BCUT2D eigenvalue weighted by Gasteiger charge is 2.21. The second-order valence-corrected chi connectivity index (χ2v) is 5.75. The lowest BCUT2D eigenvalue weighted by atomic mass is 10.2. The van der Waals surface area contributed by atoms with Crippen LogP contribution in [0.1, 0.15) is 16.1 Å². The smallest absolute Gasteiger partial charge is 0.268 e. The summed E-state index contributed by atoms with van der Waals surface area (Å²) < 4.78 is 48.0. The number of methoxy groups -OCH3 is 1. The molecule has 1 N–H and O–H groups in total. The monoisotopic (exact) mass is 314 g/mol. The maximum Gasteiger partial charge on any atom is 0.268 e. The van der Waals surface area contributed by atoms with Crippen LogP contribution in [0.15, 0.2) is 35.1 Å². The van der Waals surface area contributed by atoms with Crippen LogP contribution in [0, 0.1) is 5.82 Å². The normalized spacial score (nSPS) is 11.1. The number of carbonyl (C=O) groups excluding carboxylic acids is 1. The van der Waals surface area contributed by atoms with Crippen LogP contribution in [0.2, 0.25) is 0 Å². The Morgan fingerprint density at radius 3 is 2.81 bits per heavy atom. The van der Waals surface area contributed by atoms with Crippen molar-refractivity contribution in [2.45, 2.75) is 5.75 Å². The average Bonchev–Trinajstić information content (AvgIpc) is 2.90. The molecule has 0 spiro atoms. The summed E-state index contributed by atoms with van der Waals surface area (Å²) in [4.78, 5) is 11.9. The van der Waals surface area contributed by atoms with Gasteiger partial charge in [-0.2, -0.15) is 0 Å². The highest BCUT2D eigenvalue weighted by atomic mass is 32.2. The van der Waals surface area contributed by atoms with Gasteiger partial charge in [0.1, 0.15) is 29.3 Å². The van der Waals surface area contributed by atoms with Crippen LogP contribution in [0.5, 0.6) is 5.75 Å². The molecule has 1 aromatic heterocycles. The number of rotatable bonds is 5. The van der Waals surface area contributed by atoms with Crippen LogP contribution >= 0.6 is 0 Å². The lowest BCUT2D eigenvalue weighted by Gasteiger charge is -2.09. The van der Waals surface area contributed by atoms with Crippen molar-refractivity contribution in [2.24, 2.45) is 0 Å². The van der Waals surface area contributed by atoms with Crippen molar-refractivity contribution in [1.29, 1.82) is 0 Å². The van der Waals surface area contributed by atoms with Gasteiger partial charge >= 0.3 is 0 Å². The molecule has 0 fully saturated rings. The van der Waals surface area contributed by atoms with Gasteiger partial charge in [-0.05, 0) is 18.2 Å². The topological polar surface area (TPSA) is 98.5 Å². The fourth-order valence-corrected chi connectivity index (χ4v) is 2.60. The summed E-state index contributed by atoms with van der Waals surface area (Å²) >= 11 is 0. The van der Waals surface area contributed by atoms with E-state index in [-0.39, 0.29) is 17.0 Å². The van der Waals surface area contributed by atoms with E-state index in [1.54, 1.807) is 0 Å². The third-order valence-corrected chi connectivity index (χ3v) is 3.66. The first-order chi connectivity index (χ1) is 9.91. The first kappa shape index (κ1) is 15.0. The molecule has 0 radical (unpaired) electrons. The molecule has 1 aromatic carbocycles. The van der Waals surface area contributed by atoms with Gasteiger partial charge in [-0.15, -0.1) is 0 Å². The average molecular weight is 314 g/mol. The number of carbonyl (C=O) groups is 1. The Bertz CT molecular complexity index is 743. The Labute approximate surface area is 119 Å². The van der Waals surface area contributed by atoms with E-state index < -0.39 is 27.5 Å². The molecule has 0 saturated carbocycles. The van der Waals surface area contributed by atoms with Gasteiger partial charge in [0.2, 0.25) is 10.0 Å². The van der Waals surface area contributed by atoms with E-state index >= 15 is 0 Å². The molecule has 112 valence electrons. The van der Waals surface area contributed by atoms with Gasteiger partial charge in [-0.3, -0.25) is 4.79 Å². The molecule has 7 nitrogen and oxygen atoms in total. The van der Waals surface area contributed by atoms with E-state index in [1.165, 1.54) is 25.5 Å². The summed E-state index contributed by atoms with van der Waals surface area (Å²) in [5.41, 5.74) is -0.0808. The van der Waals surface area contributed by atoms with Crippen molar-refractivity contribution in [3.8, 4) is 5.75 Å². The van der Waals surface area contributed by atoms with Gasteiger partial charge < -0.3 is 9.26 Å². The number of benzene rings is 1. The number of hydrogen-bond donors (Lipinski definition) is 1. The Morgan fingerprint density at radius 2 is 2.19 bits per heavy atom. The molecule has 9 heteroatoms. The van der Waals surface area contributed by atoms with Gasteiger partial charge in [-0.1, -0.05) is 5.16 Å². The third-order valence-electron chi connectivity index (χ3n) is 2.48. The van der Waals surface area contributed by atoms with Gasteiger partial charge in [0.25, 0.3) is 5.91 Å². The zero-order valence-electron chi connectivity index (χ0n) is 10.9. The molecule has 0 aliphatic rings. The highest BCUT2D eigenvalue weighted by Crippen LogP contribution is 2.19. The lowest BCUT2D eigenvalue weighted by Crippen LogP contribution is -2.32. The van der Waals surface area contributed by atoms with E-state index in [2.05, 4.69) is 9.68 Å². The quantitative estimate of drug-likeness (QED) is 0.887. The summed E-state index contributed by atoms with van der Waals surface area (Å²) in [6.07, 6.45) is 1.21. The molecule has 0 unspecified atom stereocenters. The standard InChI is InChI=1S/C12H11FN2O5S/c1-19-11-3-2-8(13)6-10(11)12(16)15-21(17,18)7-9-4-5-20-14-9/h2-6H,7H2,1H3,(H,15,16). The minimum Gasteiger partial charge on any atom is -0.496 e. The summed E-state index contributed by atoms with van der Waals surface area (Å²) in [5.74, 6) is -2.15. The van der Waals surface area contributed by atoms with Gasteiger partial charge in [0, 0.05) is 6.07 Å². The highest BCUT2D eigenvalue weighted by molar-refractivity contribution is 7.89. The molecular formula is C12H11FN2O5S. The SMILES string of the molecule is COc1ccc(F)cc1C(=O)NS(=O)(=O)Cc1ccon1. The molecular weight excluding hydrogens is 303 g/mol. The number of aromatic nitrogens is 1. The second-order valence-electron chi connectivity index (χ2n) is 4.03. The summed E-state index contributed by atoms with van der Waals surface area (Å²) in [6, 6.07) is 4.57. The van der Waals surface area contributed by atoms with Crippen LogP contribution in [-0.2, 0) is 15.8 Å². The molecule has 1 amide bonds. The molecule has 21 heavy (non-hydrogen) atoms. The molecule has 2 rings (SSSR count). The van der Waals surface area contributed by atoms with E-state index in [0.717, 1.165) is 12.1 Å². The van der Waals surface area contributed by atoms with Crippen molar-refractivity contribution < 1.29 is 26.9 Å². The van der Waals surface area contributed by atoms with Gasteiger partial charge in [0.15, 0.2) is 0 Å². The summed E-state index contributed by atoms with van der Waals surface area (Å²) in [6.45, 7) is 0. The van der Waals surface area contributed by atoms with Gasteiger partial charge in [0.05, 0.1) is 12.7 Å². The number of sulfonamides is 1. The van der Waals surface area contributed by atoms with Crippen molar-refractivity contribution in [3.05, 3.63) is 47.6 Å². The minimum absolute atomic E-state index is 0.0607. The number of amides is 1. The van der Waals surface area contributed by atoms with Crippen LogP contribution < -0.4 is 9.46 Å². The van der Waals surface area contributed by atoms with Crippen LogP contribution in [-0.4, -0.2) is 26.6 Å². The number of nitrogens with zero attached hydrogens (tertiary/aromatic N) is 1. The van der Waals surface area contributed by atoms with E-state index in [4.69, 9.17) is 4.74 Å². The molecule has 0 atom stereocenters. The predicted octanol–water partition coefficient (Wildman–Crippen LogP) is 1.08. The summed E-state index contributed by atoms with van der Waals surface area (Å²) in [5, 5.41) is 3.44. The predicted molar refractivity (Wildman–Crippen MR) is 69.5 cm³/mol. The molecule has 0 aliphatic heterocycles. The Balaban J connectivity index is 2.19. The summed E-state index contributed by atoms with van der Waals surface area (Å²) in [7, 11) is -2.70. The third kappa shape index (κ3) is 3.78. The first-order valence-corrected chi connectivity index (χ1v) is 7.34. The zero-order valence-corrected chi connectivity index (χ0v) is 11.7. The van der Waals surface area contributed by atoms with E-state index in [0.29, 0.717) is 0 Å². The molecule has 1 heterocycles. The molecule has 2 aromatic rings. The largest absolute Gasteiger partial charge is 0.496 e. The molecule has 0 aliphatic carbocycles. The molecule has 0 saturated heterocycles. The number of halogens is 1. The molecule has 0 bridgehead atoms. The van der Waals surface area contributed by atoms with Gasteiger partial charge in [-0.25, -0.2) is 17.5 Å². The number of nitrogens with one attached hydrogen (secondary N) is 1. The second kappa shape index (κ2) is 5.92. The maximum absolute atomic E-state index is 13.2. The van der Waals surface area contributed by atoms with Crippen molar-refractivity contribution in [2.75, 3.05) is 7.11 Å². The Kier molecular flexibility index (Phi) is 4.22. The first-order valence-electron chi connectivity index (χ1n) is 5.69. The Morgan fingerprint density at radius 1 is 1.43 bits per heavy atom. The van der Waals surface area contributed by atoms with Crippen molar-refractivity contribution >= 4 is 15.9 Å². The fourth-order valence-electron chi connectivity index (χ4n) is 1.60. The van der Waals surface area contributed by atoms with E-state index in [9.17, 15) is 17.6 Å².